The summed E-state index contributed by atoms with van der Waals surface area (Å²) in [5, 5.41) is 10.1. The molecule has 0 N–H and O–H groups in total. The fourth-order valence-electron chi connectivity index (χ4n) is 8.59. The molecule has 0 aliphatic heterocycles. The summed E-state index contributed by atoms with van der Waals surface area (Å²) in [6.45, 7) is 0. The Bertz CT molecular complexity index is 3160. The number of rotatable bonds is 4. The third-order valence-electron chi connectivity index (χ3n) is 10.9. The Hall–Kier alpha value is -6.90. The molecule has 0 unspecified atom stereocenters. The van der Waals surface area contributed by atoms with Crippen LogP contribution in [0, 0.1) is 0 Å². The Morgan fingerprint density at radius 3 is 1.73 bits per heavy atom. The van der Waals surface area contributed by atoms with E-state index in [9.17, 15) is 0 Å². The summed E-state index contributed by atoms with van der Waals surface area (Å²) in [5.74, 6) is 0. The van der Waals surface area contributed by atoms with Gasteiger partial charge in [-0.25, -0.2) is 0 Å². The van der Waals surface area contributed by atoms with E-state index in [2.05, 4.69) is 203 Å². The summed E-state index contributed by atoms with van der Waals surface area (Å²) in [4.78, 5) is 0. The van der Waals surface area contributed by atoms with Gasteiger partial charge in [0.05, 0.1) is 27.8 Å². The van der Waals surface area contributed by atoms with Crippen molar-refractivity contribution < 1.29 is 0 Å². The molecule has 242 valence electrons. The second-order valence-corrected chi connectivity index (χ2v) is 13.7. The average molecular weight is 661 g/mol. The normalized spacial score (nSPS) is 11.8. The first-order valence-corrected chi connectivity index (χ1v) is 17.9. The largest absolute Gasteiger partial charge is 0.309 e. The molecule has 52 heavy (non-hydrogen) atoms. The second kappa shape index (κ2) is 11.3. The van der Waals surface area contributed by atoms with Crippen LogP contribution in [0.3, 0.4) is 0 Å². The van der Waals surface area contributed by atoms with Crippen LogP contribution in [0.4, 0.5) is 0 Å². The standard InChI is InChI=1S/C50H32N2/c1-3-13-33(14-4-1)39-20-11-24-49-50(39)44-32-36(27-30-48(44)51(49)37-16-5-2-6-17-37)35-26-29-47-43(31-35)41-19-9-10-22-45(41)52(47)46-23-12-21-40-38-18-8-7-15-34(38)25-28-42(40)46/h1-32H. The molecule has 11 rings (SSSR count). The topological polar surface area (TPSA) is 9.86 Å². The molecule has 9 aromatic carbocycles. The molecule has 0 aliphatic rings. The third-order valence-corrected chi connectivity index (χ3v) is 10.9. The molecule has 2 heterocycles. The molecule has 0 saturated carbocycles. The van der Waals surface area contributed by atoms with Crippen molar-refractivity contribution >= 4 is 65.2 Å². The first kappa shape index (κ1) is 28.9. The van der Waals surface area contributed by atoms with Crippen LogP contribution >= 0.6 is 0 Å². The number of nitrogens with zero attached hydrogens (tertiary/aromatic N) is 2. The maximum Gasteiger partial charge on any atom is 0.0547 e. The molecule has 2 nitrogen and oxygen atoms in total. The first-order chi connectivity index (χ1) is 25.8. The van der Waals surface area contributed by atoms with Crippen molar-refractivity contribution in [1.82, 2.24) is 9.13 Å². The number of fused-ring (bicyclic) bond motifs is 9. The molecular formula is C50H32N2. The molecule has 2 aromatic heterocycles. The van der Waals surface area contributed by atoms with E-state index in [0.29, 0.717) is 0 Å². The summed E-state index contributed by atoms with van der Waals surface area (Å²) in [6, 6.07) is 71.0. The van der Waals surface area contributed by atoms with Crippen molar-refractivity contribution in [3.8, 4) is 33.6 Å². The summed E-state index contributed by atoms with van der Waals surface area (Å²) in [7, 11) is 0. The highest BCUT2D eigenvalue weighted by molar-refractivity contribution is 6.18. The average Bonchev–Trinajstić information content (AvgIpc) is 3.73. The zero-order chi connectivity index (χ0) is 34.2. The van der Waals surface area contributed by atoms with Crippen LogP contribution in [0.2, 0.25) is 0 Å². The third kappa shape index (κ3) is 4.25. The summed E-state index contributed by atoms with van der Waals surface area (Å²) >= 11 is 0. The molecule has 0 amide bonds. The van der Waals surface area contributed by atoms with Gasteiger partial charge >= 0.3 is 0 Å². The van der Waals surface area contributed by atoms with Crippen molar-refractivity contribution in [3.05, 3.63) is 194 Å². The zero-order valence-electron chi connectivity index (χ0n) is 28.4. The smallest absolute Gasteiger partial charge is 0.0547 e. The van der Waals surface area contributed by atoms with E-state index in [-0.39, 0.29) is 0 Å². The Balaban J connectivity index is 1.15. The van der Waals surface area contributed by atoms with Gasteiger partial charge in [-0.05, 0) is 93.0 Å². The van der Waals surface area contributed by atoms with Crippen LogP contribution in [-0.2, 0) is 0 Å². The van der Waals surface area contributed by atoms with Crippen molar-refractivity contribution in [2.45, 2.75) is 0 Å². The van der Waals surface area contributed by atoms with Gasteiger partial charge < -0.3 is 9.13 Å². The second-order valence-electron chi connectivity index (χ2n) is 13.7. The van der Waals surface area contributed by atoms with Gasteiger partial charge in [-0.1, -0.05) is 140 Å². The lowest BCUT2D eigenvalue weighted by atomic mass is 9.97. The van der Waals surface area contributed by atoms with Crippen LogP contribution in [0.15, 0.2) is 194 Å². The minimum Gasteiger partial charge on any atom is -0.309 e. The highest BCUT2D eigenvalue weighted by Crippen LogP contribution is 2.42. The van der Waals surface area contributed by atoms with Crippen LogP contribution < -0.4 is 0 Å². The van der Waals surface area contributed by atoms with E-state index in [1.807, 2.05) is 0 Å². The van der Waals surface area contributed by atoms with Crippen LogP contribution in [0.25, 0.3) is 98.8 Å². The molecule has 0 spiro atoms. The van der Waals surface area contributed by atoms with Crippen LogP contribution in [0.5, 0.6) is 0 Å². The maximum absolute atomic E-state index is 2.45. The van der Waals surface area contributed by atoms with E-state index in [1.54, 1.807) is 0 Å². The lowest BCUT2D eigenvalue weighted by Crippen LogP contribution is -1.95. The van der Waals surface area contributed by atoms with Gasteiger partial charge in [0.2, 0.25) is 0 Å². The lowest BCUT2D eigenvalue weighted by Gasteiger charge is -2.13. The molecule has 0 saturated heterocycles. The van der Waals surface area contributed by atoms with Gasteiger partial charge in [0.25, 0.3) is 0 Å². The van der Waals surface area contributed by atoms with E-state index >= 15 is 0 Å². The van der Waals surface area contributed by atoms with Crippen molar-refractivity contribution in [1.29, 1.82) is 0 Å². The number of para-hydroxylation sites is 2. The minimum absolute atomic E-state index is 1.16. The molecule has 11 aromatic rings. The maximum atomic E-state index is 2.45. The summed E-state index contributed by atoms with van der Waals surface area (Å²) < 4.78 is 4.86. The molecule has 2 heteroatoms. The van der Waals surface area contributed by atoms with Crippen molar-refractivity contribution in [3.63, 3.8) is 0 Å². The van der Waals surface area contributed by atoms with E-state index in [1.165, 1.54) is 93.1 Å². The predicted molar refractivity (Wildman–Crippen MR) is 221 cm³/mol. The number of benzene rings is 9. The van der Waals surface area contributed by atoms with Gasteiger partial charge in [0, 0.05) is 32.6 Å². The minimum atomic E-state index is 1.16. The fraction of sp³-hybridized carbons (Fsp3) is 0. The number of aromatic nitrogens is 2. The fourth-order valence-corrected chi connectivity index (χ4v) is 8.59. The molecule has 0 aliphatic carbocycles. The van der Waals surface area contributed by atoms with E-state index < -0.39 is 0 Å². The Kier molecular flexibility index (Phi) is 6.28. The van der Waals surface area contributed by atoms with Gasteiger partial charge in [-0.3, -0.25) is 0 Å². The summed E-state index contributed by atoms with van der Waals surface area (Å²) in [6.07, 6.45) is 0. The van der Waals surface area contributed by atoms with Crippen molar-refractivity contribution in [2.75, 3.05) is 0 Å². The van der Waals surface area contributed by atoms with Gasteiger partial charge in [-0.15, -0.1) is 0 Å². The van der Waals surface area contributed by atoms with Gasteiger partial charge in [0.15, 0.2) is 0 Å². The summed E-state index contributed by atoms with van der Waals surface area (Å²) in [5.41, 5.74) is 12.1. The molecule has 0 fully saturated rings. The molecule has 0 atom stereocenters. The van der Waals surface area contributed by atoms with Gasteiger partial charge in [0.1, 0.15) is 0 Å². The molecule has 0 bridgehead atoms. The van der Waals surface area contributed by atoms with Gasteiger partial charge in [-0.2, -0.15) is 0 Å². The molecular weight excluding hydrogens is 629 g/mol. The predicted octanol–water partition coefficient (Wildman–Crippen LogP) is 13.5. The number of hydrogen-bond donors (Lipinski definition) is 0. The quantitative estimate of drug-likeness (QED) is 0.166. The monoisotopic (exact) mass is 660 g/mol. The lowest BCUT2D eigenvalue weighted by molar-refractivity contribution is 1.18. The van der Waals surface area contributed by atoms with Crippen LogP contribution in [-0.4, -0.2) is 9.13 Å². The first-order valence-electron chi connectivity index (χ1n) is 17.9. The number of hydrogen-bond acceptors (Lipinski definition) is 0. The van der Waals surface area contributed by atoms with E-state index in [4.69, 9.17) is 0 Å². The highest BCUT2D eigenvalue weighted by Gasteiger charge is 2.19. The van der Waals surface area contributed by atoms with E-state index in [0.717, 1.165) is 5.69 Å². The Morgan fingerprint density at radius 1 is 0.288 bits per heavy atom. The highest BCUT2D eigenvalue weighted by atomic mass is 15.0. The molecule has 0 radical (unpaired) electrons. The SMILES string of the molecule is c1ccc(-c2cccc3c2c2cc(-c4ccc5c(c4)c4ccccc4n5-c4cccc5c4ccc4ccccc45)ccc2n3-c2ccccc2)cc1. The zero-order valence-corrected chi connectivity index (χ0v) is 28.4. The van der Waals surface area contributed by atoms with Crippen molar-refractivity contribution in [2.24, 2.45) is 0 Å². The Morgan fingerprint density at radius 2 is 0.904 bits per heavy atom. The Labute approximate surface area is 301 Å². The van der Waals surface area contributed by atoms with Crippen LogP contribution in [0.1, 0.15) is 0 Å².